The van der Waals surface area contributed by atoms with Gasteiger partial charge in [-0.25, -0.2) is 0 Å². The van der Waals surface area contributed by atoms with Crippen LogP contribution in [-0.2, 0) is 9.59 Å². The fraction of sp³-hybridized carbons (Fsp3) is 0.556. The van der Waals surface area contributed by atoms with Crippen molar-refractivity contribution in [1.82, 2.24) is 10.2 Å². The minimum absolute atomic E-state index is 0.0509. The van der Waals surface area contributed by atoms with E-state index >= 15 is 0 Å². The summed E-state index contributed by atoms with van der Waals surface area (Å²) in [7, 11) is 0. The zero-order valence-corrected chi connectivity index (χ0v) is 14.2. The van der Waals surface area contributed by atoms with Crippen molar-refractivity contribution in [1.29, 1.82) is 0 Å². The Morgan fingerprint density at radius 2 is 2.09 bits per heavy atom. The molecule has 1 aromatic carbocycles. The van der Waals surface area contributed by atoms with Gasteiger partial charge in [0.25, 0.3) is 0 Å². The lowest BCUT2D eigenvalue weighted by Crippen LogP contribution is -2.53. The lowest BCUT2D eigenvalue weighted by atomic mass is 9.80. The topological polar surface area (TPSA) is 49.4 Å². The molecule has 4 nitrogen and oxygen atoms in total. The smallest absolute Gasteiger partial charge is 0.230 e. The van der Waals surface area contributed by atoms with Crippen LogP contribution in [0.25, 0.3) is 0 Å². The molecule has 2 heterocycles. The minimum Gasteiger partial charge on any atom is -0.355 e. The highest BCUT2D eigenvalue weighted by atomic mass is 35.5. The van der Waals surface area contributed by atoms with Crippen LogP contribution >= 0.6 is 11.6 Å². The number of piperidine rings is 2. The molecule has 0 aromatic heterocycles. The van der Waals surface area contributed by atoms with Crippen LogP contribution in [-0.4, -0.2) is 36.3 Å². The van der Waals surface area contributed by atoms with Gasteiger partial charge in [0, 0.05) is 31.1 Å². The summed E-state index contributed by atoms with van der Waals surface area (Å²) >= 11 is 6.08. The largest absolute Gasteiger partial charge is 0.355 e. The summed E-state index contributed by atoms with van der Waals surface area (Å²) in [5.74, 6) is 0.702. The molecule has 2 aliphatic heterocycles. The molecule has 2 saturated heterocycles. The van der Waals surface area contributed by atoms with Crippen molar-refractivity contribution >= 4 is 23.4 Å². The van der Waals surface area contributed by atoms with Gasteiger partial charge in [0.15, 0.2) is 0 Å². The van der Waals surface area contributed by atoms with Crippen LogP contribution in [0.15, 0.2) is 24.3 Å². The Labute approximate surface area is 142 Å². The highest BCUT2D eigenvalue weighted by Gasteiger charge is 2.40. The Balaban J connectivity index is 1.60. The maximum atomic E-state index is 12.8. The van der Waals surface area contributed by atoms with Gasteiger partial charge in [-0.3, -0.25) is 9.59 Å². The molecule has 1 atom stereocenters. The number of halogens is 1. The van der Waals surface area contributed by atoms with E-state index in [1.54, 1.807) is 0 Å². The standard InChI is InChI=1S/C18H23ClN2O2/c1-18(8-5-16(22)20-12-18)17(23)21-9-6-13(7-10-21)14-3-2-4-15(19)11-14/h2-4,11,13H,5-10,12H2,1H3,(H,20,22). The number of nitrogens with zero attached hydrogens (tertiary/aromatic N) is 1. The van der Waals surface area contributed by atoms with Gasteiger partial charge in [0.05, 0.1) is 5.41 Å². The molecule has 0 bridgehead atoms. The average molecular weight is 335 g/mol. The number of likely N-dealkylation sites (tertiary alicyclic amines) is 1. The number of carbonyl (C=O) groups is 2. The van der Waals surface area contributed by atoms with Gasteiger partial charge >= 0.3 is 0 Å². The van der Waals surface area contributed by atoms with Crippen LogP contribution in [0.4, 0.5) is 0 Å². The van der Waals surface area contributed by atoms with Crippen molar-refractivity contribution in [2.24, 2.45) is 5.41 Å². The Hall–Kier alpha value is -1.55. The fourth-order valence-electron chi connectivity index (χ4n) is 3.60. The van der Waals surface area contributed by atoms with Crippen molar-refractivity contribution in [2.75, 3.05) is 19.6 Å². The molecular weight excluding hydrogens is 312 g/mol. The number of rotatable bonds is 2. The van der Waals surface area contributed by atoms with Gasteiger partial charge in [0.1, 0.15) is 0 Å². The van der Waals surface area contributed by atoms with Gasteiger partial charge in [-0.05, 0) is 49.8 Å². The number of amides is 2. The first-order valence-corrected chi connectivity index (χ1v) is 8.67. The van der Waals surface area contributed by atoms with Crippen LogP contribution in [0.2, 0.25) is 5.02 Å². The van der Waals surface area contributed by atoms with Crippen LogP contribution < -0.4 is 5.32 Å². The fourth-order valence-corrected chi connectivity index (χ4v) is 3.80. The second-order valence-corrected chi connectivity index (χ2v) is 7.40. The van der Waals surface area contributed by atoms with Crippen molar-refractivity contribution < 1.29 is 9.59 Å². The first kappa shape index (κ1) is 16.3. The number of nitrogens with one attached hydrogen (secondary N) is 1. The minimum atomic E-state index is -0.448. The van der Waals surface area contributed by atoms with Crippen molar-refractivity contribution in [3.8, 4) is 0 Å². The molecule has 23 heavy (non-hydrogen) atoms. The zero-order chi connectivity index (χ0) is 16.4. The van der Waals surface area contributed by atoms with E-state index in [1.165, 1.54) is 5.56 Å². The van der Waals surface area contributed by atoms with E-state index in [2.05, 4.69) is 11.4 Å². The monoisotopic (exact) mass is 334 g/mol. The Morgan fingerprint density at radius 3 is 2.70 bits per heavy atom. The molecule has 0 radical (unpaired) electrons. The summed E-state index contributed by atoms with van der Waals surface area (Å²) in [5, 5.41) is 3.60. The molecule has 0 spiro atoms. The van der Waals surface area contributed by atoms with Gasteiger partial charge in [0.2, 0.25) is 11.8 Å². The van der Waals surface area contributed by atoms with E-state index in [0.717, 1.165) is 31.0 Å². The Bertz CT molecular complexity index is 599. The molecular formula is C18H23ClN2O2. The Morgan fingerprint density at radius 1 is 1.35 bits per heavy atom. The molecule has 5 heteroatoms. The number of hydrogen-bond acceptors (Lipinski definition) is 2. The lowest BCUT2D eigenvalue weighted by Gasteiger charge is -2.40. The maximum Gasteiger partial charge on any atom is 0.230 e. The number of benzene rings is 1. The quantitative estimate of drug-likeness (QED) is 0.904. The second kappa shape index (κ2) is 6.52. The molecule has 2 aliphatic rings. The third kappa shape index (κ3) is 3.52. The van der Waals surface area contributed by atoms with Crippen molar-refractivity contribution in [2.45, 2.75) is 38.5 Å². The first-order chi connectivity index (χ1) is 11.0. The van der Waals surface area contributed by atoms with E-state index in [-0.39, 0.29) is 11.8 Å². The van der Waals surface area contributed by atoms with Gasteiger partial charge in [-0.15, -0.1) is 0 Å². The van der Waals surface area contributed by atoms with E-state index in [0.29, 0.717) is 25.3 Å². The van der Waals surface area contributed by atoms with Crippen LogP contribution in [0.5, 0.6) is 0 Å². The van der Waals surface area contributed by atoms with Crippen LogP contribution in [0.3, 0.4) is 0 Å². The van der Waals surface area contributed by atoms with E-state index in [9.17, 15) is 9.59 Å². The molecule has 1 N–H and O–H groups in total. The molecule has 0 saturated carbocycles. The Kier molecular flexibility index (Phi) is 4.62. The molecule has 1 aromatic rings. The molecule has 2 amide bonds. The normalized spacial score (nSPS) is 26.0. The average Bonchev–Trinajstić information content (AvgIpc) is 2.57. The molecule has 2 fully saturated rings. The third-order valence-corrected chi connectivity index (χ3v) is 5.43. The second-order valence-electron chi connectivity index (χ2n) is 6.96. The highest BCUT2D eigenvalue weighted by Crippen LogP contribution is 2.33. The zero-order valence-electron chi connectivity index (χ0n) is 13.5. The van der Waals surface area contributed by atoms with E-state index in [1.807, 2.05) is 30.0 Å². The van der Waals surface area contributed by atoms with E-state index < -0.39 is 5.41 Å². The van der Waals surface area contributed by atoms with Crippen LogP contribution in [0.1, 0.15) is 44.1 Å². The van der Waals surface area contributed by atoms with Crippen molar-refractivity contribution in [3.05, 3.63) is 34.9 Å². The lowest BCUT2D eigenvalue weighted by molar-refractivity contribution is -0.145. The summed E-state index contributed by atoms with van der Waals surface area (Å²) in [4.78, 5) is 26.1. The van der Waals surface area contributed by atoms with Gasteiger partial charge in [-0.2, -0.15) is 0 Å². The molecule has 124 valence electrons. The predicted molar refractivity (Wildman–Crippen MR) is 90.4 cm³/mol. The van der Waals surface area contributed by atoms with Crippen molar-refractivity contribution in [3.63, 3.8) is 0 Å². The maximum absolute atomic E-state index is 12.8. The summed E-state index contributed by atoms with van der Waals surface area (Å²) in [6.45, 7) is 3.98. The summed E-state index contributed by atoms with van der Waals surface area (Å²) in [6, 6.07) is 8.02. The SMILES string of the molecule is CC1(C(=O)N2CCC(c3cccc(Cl)c3)CC2)CCC(=O)NC1. The van der Waals surface area contributed by atoms with Gasteiger partial charge < -0.3 is 10.2 Å². The third-order valence-electron chi connectivity index (χ3n) is 5.20. The molecule has 3 rings (SSSR count). The highest BCUT2D eigenvalue weighted by molar-refractivity contribution is 6.30. The number of carbonyl (C=O) groups excluding carboxylic acids is 2. The number of hydrogen-bond donors (Lipinski definition) is 1. The molecule has 1 unspecified atom stereocenters. The summed E-state index contributed by atoms with van der Waals surface area (Å²) in [6.07, 6.45) is 3.02. The molecule has 0 aliphatic carbocycles. The van der Waals surface area contributed by atoms with Gasteiger partial charge in [-0.1, -0.05) is 23.7 Å². The van der Waals surface area contributed by atoms with Crippen LogP contribution in [0, 0.1) is 5.41 Å². The first-order valence-electron chi connectivity index (χ1n) is 8.29. The summed E-state index contributed by atoms with van der Waals surface area (Å²) < 4.78 is 0. The summed E-state index contributed by atoms with van der Waals surface area (Å²) in [5.41, 5.74) is 0.817. The predicted octanol–water partition coefficient (Wildman–Crippen LogP) is 2.96. The van der Waals surface area contributed by atoms with E-state index in [4.69, 9.17) is 11.6 Å².